The Morgan fingerprint density at radius 1 is 1.50 bits per heavy atom. The summed E-state index contributed by atoms with van der Waals surface area (Å²) in [5, 5.41) is 9.06. The van der Waals surface area contributed by atoms with Gasteiger partial charge in [0.1, 0.15) is 5.75 Å². The molecule has 0 radical (unpaired) electrons. The summed E-state index contributed by atoms with van der Waals surface area (Å²) in [6.45, 7) is 2.50. The van der Waals surface area contributed by atoms with Gasteiger partial charge in [-0.1, -0.05) is 19.1 Å². The Labute approximate surface area is 85.0 Å². The largest absolute Gasteiger partial charge is 0.508 e. The average Bonchev–Trinajstić information content (AvgIpc) is 2.18. The number of aromatic hydroxyl groups is 1. The van der Waals surface area contributed by atoms with Gasteiger partial charge in [-0.05, 0) is 24.1 Å². The minimum Gasteiger partial charge on any atom is -0.508 e. The Morgan fingerprint density at radius 2 is 2.14 bits per heavy atom. The second kappa shape index (κ2) is 5.61. The molecule has 3 nitrogen and oxygen atoms in total. The molecule has 2 unspecified atom stereocenters. The lowest BCUT2D eigenvalue weighted by atomic mass is 10.1. The van der Waals surface area contributed by atoms with Crippen molar-refractivity contribution in [2.45, 2.75) is 19.0 Å². The predicted molar refractivity (Wildman–Crippen MR) is 56.7 cm³/mol. The van der Waals surface area contributed by atoms with Crippen LogP contribution in [0.25, 0.3) is 0 Å². The number of carbonyl (C=O) groups excluding carboxylic acids is 1. The number of hydrogen-bond acceptors (Lipinski definition) is 3. The molecule has 0 heterocycles. The lowest BCUT2D eigenvalue weighted by molar-refractivity contribution is -0.119. The van der Waals surface area contributed by atoms with Crippen LogP contribution in [0.15, 0.2) is 24.3 Å². The maximum Gasteiger partial charge on any atom is 0.295 e. The first-order valence-electron chi connectivity index (χ1n) is 4.35. The van der Waals surface area contributed by atoms with E-state index in [9.17, 15) is 4.79 Å². The number of rotatable bonds is 5. The van der Waals surface area contributed by atoms with Gasteiger partial charge in [-0.25, -0.2) is 0 Å². The lowest BCUT2D eigenvalue weighted by Crippen LogP contribution is -1.99. The first-order chi connectivity index (χ1) is 6.72. The zero-order valence-electron chi connectivity index (χ0n) is 7.93. The summed E-state index contributed by atoms with van der Waals surface area (Å²) in [5.74, 6) is 0.271. The summed E-state index contributed by atoms with van der Waals surface area (Å²) in [4.78, 5) is 9.96. The topological polar surface area (TPSA) is 46.5 Å². The number of carbonyl (C=O) groups is 1. The molecule has 76 valence electrons. The van der Waals surface area contributed by atoms with Crippen molar-refractivity contribution in [3.8, 4) is 5.75 Å². The molecule has 1 rings (SSSR count). The van der Waals surface area contributed by atoms with Crippen molar-refractivity contribution in [2.75, 3.05) is 0 Å². The third-order valence-corrected chi connectivity index (χ3v) is 2.63. The van der Waals surface area contributed by atoms with E-state index < -0.39 is 0 Å². The van der Waals surface area contributed by atoms with Gasteiger partial charge in [0.25, 0.3) is 6.47 Å². The number of benzene rings is 1. The van der Waals surface area contributed by atoms with Crippen molar-refractivity contribution in [2.24, 2.45) is 0 Å². The maximum atomic E-state index is 9.96. The highest BCUT2D eigenvalue weighted by Crippen LogP contribution is 2.23. The van der Waals surface area contributed by atoms with E-state index in [1.807, 2.05) is 19.1 Å². The van der Waals surface area contributed by atoms with E-state index in [-0.39, 0.29) is 14.6 Å². The fraction of sp³-hybridized carbons (Fsp3) is 0.300. The van der Waals surface area contributed by atoms with E-state index in [4.69, 9.17) is 5.11 Å². The molecule has 0 saturated heterocycles. The SMILES string of the molecule is CC(Cc1ccc(O)cc1)POC=O. The maximum absolute atomic E-state index is 9.96. The third-order valence-electron chi connectivity index (χ3n) is 1.80. The molecule has 1 aromatic rings. The molecule has 0 amide bonds. The summed E-state index contributed by atoms with van der Waals surface area (Å²) in [5.41, 5.74) is 1.46. The van der Waals surface area contributed by atoms with Crippen molar-refractivity contribution >= 4 is 15.3 Å². The third kappa shape index (κ3) is 3.75. The molecule has 0 saturated carbocycles. The molecule has 1 aromatic carbocycles. The van der Waals surface area contributed by atoms with E-state index in [1.54, 1.807) is 12.1 Å². The monoisotopic (exact) mass is 212 g/mol. The zero-order valence-corrected chi connectivity index (χ0v) is 8.93. The van der Waals surface area contributed by atoms with Crippen molar-refractivity contribution in [1.29, 1.82) is 0 Å². The Kier molecular flexibility index (Phi) is 4.41. The van der Waals surface area contributed by atoms with Gasteiger partial charge >= 0.3 is 0 Å². The van der Waals surface area contributed by atoms with Crippen LogP contribution in [0.5, 0.6) is 5.75 Å². The molecule has 0 bridgehead atoms. The number of phenolic OH excluding ortho intramolecular Hbond substituents is 1. The molecule has 0 fully saturated rings. The average molecular weight is 212 g/mol. The van der Waals surface area contributed by atoms with Crippen LogP contribution in [0.2, 0.25) is 0 Å². The van der Waals surface area contributed by atoms with Gasteiger partial charge in [0.15, 0.2) is 0 Å². The summed E-state index contributed by atoms with van der Waals surface area (Å²) >= 11 is 0. The second-order valence-electron chi connectivity index (χ2n) is 3.10. The van der Waals surface area contributed by atoms with Crippen LogP contribution in [0.3, 0.4) is 0 Å². The zero-order chi connectivity index (χ0) is 10.4. The Hall–Kier alpha value is -1.08. The molecule has 1 N–H and O–H groups in total. The van der Waals surface area contributed by atoms with Crippen molar-refractivity contribution in [3.63, 3.8) is 0 Å². The van der Waals surface area contributed by atoms with Gasteiger partial charge in [-0.3, -0.25) is 4.79 Å². The smallest absolute Gasteiger partial charge is 0.295 e. The second-order valence-corrected chi connectivity index (χ2v) is 4.56. The molecular formula is C10H13O3P. The van der Waals surface area contributed by atoms with Crippen LogP contribution in [-0.2, 0) is 15.7 Å². The molecule has 0 spiro atoms. The molecule has 4 heteroatoms. The van der Waals surface area contributed by atoms with E-state index in [0.717, 1.165) is 12.0 Å². The van der Waals surface area contributed by atoms with Gasteiger partial charge < -0.3 is 9.63 Å². The van der Waals surface area contributed by atoms with E-state index in [1.165, 1.54) is 0 Å². The molecule has 14 heavy (non-hydrogen) atoms. The molecular weight excluding hydrogens is 199 g/mol. The summed E-state index contributed by atoms with van der Waals surface area (Å²) in [6, 6.07) is 7.06. The lowest BCUT2D eigenvalue weighted by Gasteiger charge is -2.08. The van der Waals surface area contributed by atoms with Crippen molar-refractivity contribution in [3.05, 3.63) is 29.8 Å². The quantitative estimate of drug-likeness (QED) is 0.600. The van der Waals surface area contributed by atoms with Gasteiger partial charge in [0.2, 0.25) is 0 Å². The summed E-state index contributed by atoms with van der Waals surface area (Å²) in [6.07, 6.45) is 0.854. The highest BCUT2D eigenvalue weighted by Gasteiger charge is 2.04. The molecule has 0 aromatic heterocycles. The van der Waals surface area contributed by atoms with Crippen molar-refractivity contribution < 1.29 is 14.4 Å². The van der Waals surface area contributed by atoms with Crippen LogP contribution in [0.4, 0.5) is 0 Å². The molecule has 2 atom stereocenters. The molecule has 0 aliphatic heterocycles. The predicted octanol–water partition coefficient (Wildman–Crippen LogP) is 2.09. The Bertz CT molecular complexity index is 284. The van der Waals surface area contributed by atoms with Crippen LogP contribution in [0, 0.1) is 0 Å². The highest BCUT2D eigenvalue weighted by atomic mass is 31.1. The van der Waals surface area contributed by atoms with E-state index in [2.05, 4.69) is 4.52 Å². The standard InChI is InChI=1S/C10H13O3P/c1-8(14-13-7-11)6-9-2-4-10(12)5-3-9/h2-5,7-8,12,14H,6H2,1H3. The van der Waals surface area contributed by atoms with Crippen LogP contribution in [0.1, 0.15) is 12.5 Å². The van der Waals surface area contributed by atoms with Crippen LogP contribution in [-0.4, -0.2) is 17.2 Å². The minimum atomic E-state index is 0.198. The normalized spacial score (nSPS) is 12.9. The number of hydrogen-bond donors (Lipinski definition) is 1. The van der Waals surface area contributed by atoms with Gasteiger partial charge in [0, 0.05) is 5.66 Å². The highest BCUT2D eigenvalue weighted by molar-refractivity contribution is 7.33. The van der Waals surface area contributed by atoms with E-state index in [0.29, 0.717) is 12.1 Å². The minimum absolute atomic E-state index is 0.198. The fourth-order valence-corrected chi connectivity index (χ4v) is 1.78. The van der Waals surface area contributed by atoms with Gasteiger partial charge in [-0.2, -0.15) is 0 Å². The Balaban J connectivity index is 2.43. The molecule has 0 aliphatic rings. The first-order valence-corrected chi connectivity index (χ1v) is 5.33. The van der Waals surface area contributed by atoms with Crippen LogP contribution < -0.4 is 0 Å². The molecule has 0 aliphatic carbocycles. The summed E-state index contributed by atoms with van der Waals surface area (Å²) < 4.78 is 4.69. The van der Waals surface area contributed by atoms with Crippen LogP contribution >= 0.6 is 8.81 Å². The fourth-order valence-electron chi connectivity index (χ4n) is 1.17. The summed E-state index contributed by atoms with van der Waals surface area (Å²) in [7, 11) is 0.198. The Morgan fingerprint density at radius 3 is 2.71 bits per heavy atom. The van der Waals surface area contributed by atoms with E-state index >= 15 is 0 Å². The van der Waals surface area contributed by atoms with Gasteiger partial charge in [0.05, 0.1) is 8.81 Å². The first kappa shape index (κ1) is 11.0. The number of phenols is 1. The van der Waals surface area contributed by atoms with Crippen molar-refractivity contribution in [1.82, 2.24) is 0 Å². The van der Waals surface area contributed by atoms with Gasteiger partial charge in [-0.15, -0.1) is 0 Å².